The molecule has 3 aliphatic rings. The third-order valence-electron chi connectivity index (χ3n) is 4.23. The number of nitrogens with zero attached hydrogens (tertiary/aromatic N) is 1. The van der Waals surface area contributed by atoms with Gasteiger partial charge in [0, 0.05) is 12.8 Å². The Balaban J connectivity index is 1.78. The van der Waals surface area contributed by atoms with E-state index in [1.807, 2.05) is 0 Å². The number of oxime groups is 1. The van der Waals surface area contributed by atoms with E-state index in [2.05, 4.69) is 5.16 Å². The van der Waals surface area contributed by atoms with Crippen LogP contribution in [0.5, 0.6) is 0 Å². The lowest BCUT2D eigenvalue weighted by atomic mass is 9.76. The van der Waals surface area contributed by atoms with Crippen molar-refractivity contribution in [3.05, 3.63) is 0 Å². The van der Waals surface area contributed by atoms with Crippen molar-refractivity contribution in [2.75, 3.05) is 13.1 Å². The Morgan fingerprint density at radius 2 is 1.71 bits per heavy atom. The lowest BCUT2D eigenvalue weighted by Gasteiger charge is -2.39. The van der Waals surface area contributed by atoms with Crippen LogP contribution in [-0.2, 0) is 0 Å². The van der Waals surface area contributed by atoms with Gasteiger partial charge in [0.2, 0.25) is 0 Å². The molecule has 0 aromatic heterocycles. The van der Waals surface area contributed by atoms with Crippen LogP contribution in [0.15, 0.2) is 5.16 Å². The van der Waals surface area contributed by atoms with Gasteiger partial charge in [0.25, 0.3) is 0 Å². The van der Waals surface area contributed by atoms with Gasteiger partial charge >= 0.3 is 0 Å². The SMILES string of the molecule is ON=C1[C@@H]2CCC[C@@H]1C[NH+](C1CC1)C2. The van der Waals surface area contributed by atoms with E-state index in [1.54, 1.807) is 4.90 Å². The zero-order chi connectivity index (χ0) is 9.54. The van der Waals surface area contributed by atoms with Crippen LogP contribution in [0, 0.1) is 11.8 Å². The predicted molar refractivity (Wildman–Crippen MR) is 53.8 cm³/mol. The van der Waals surface area contributed by atoms with E-state index in [4.69, 9.17) is 5.21 Å². The van der Waals surface area contributed by atoms with Crippen molar-refractivity contribution in [3.8, 4) is 0 Å². The van der Waals surface area contributed by atoms with E-state index in [9.17, 15) is 0 Å². The van der Waals surface area contributed by atoms with Gasteiger partial charge in [-0.2, -0.15) is 0 Å². The van der Waals surface area contributed by atoms with Crippen molar-refractivity contribution in [2.45, 2.75) is 38.1 Å². The Labute approximate surface area is 84.8 Å². The summed E-state index contributed by atoms with van der Waals surface area (Å²) in [6, 6.07) is 0.957. The minimum absolute atomic E-state index is 0.600. The van der Waals surface area contributed by atoms with Crippen LogP contribution in [0.2, 0.25) is 0 Å². The molecule has 0 amide bonds. The monoisotopic (exact) mass is 195 g/mol. The molecule has 3 heteroatoms. The minimum Gasteiger partial charge on any atom is -0.411 e. The maximum absolute atomic E-state index is 9.02. The van der Waals surface area contributed by atoms with Crippen molar-refractivity contribution in [1.29, 1.82) is 0 Å². The predicted octanol–water partition coefficient (Wildman–Crippen LogP) is 0.294. The zero-order valence-electron chi connectivity index (χ0n) is 8.58. The lowest BCUT2D eigenvalue weighted by molar-refractivity contribution is -0.919. The first-order valence-electron chi connectivity index (χ1n) is 5.95. The van der Waals surface area contributed by atoms with Crippen molar-refractivity contribution in [3.63, 3.8) is 0 Å². The number of fused-ring (bicyclic) bond motifs is 2. The summed E-state index contributed by atoms with van der Waals surface area (Å²) in [7, 11) is 0. The highest BCUT2D eigenvalue weighted by Gasteiger charge is 2.44. The van der Waals surface area contributed by atoms with Crippen molar-refractivity contribution < 1.29 is 10.1 Å². The number of piperidine rings is 1. The summed E-state index contributed by atoms with van der Waals surface area (Å²) in [5.41, 5.74) is 1.13. The fourth-order valence-electron chi connectivity index (χ4n) is 3.36. The maximum atomic E-state index is 9.02. The van der Waals surface area contributed by atoms with Gasteiger partial charge in [-0.05, 0) is 12.8 Å². The normalized spacial score (nSPS) is 42.3. The molecule has 1 heterocycles. The van der Waals surface area contributed by atoms with Crippen LogP contribution in [-0.4, -0.2) is 30.1 Å². The highest BCUT2D eigenvalue weighted by atomic mass is 16.4. The quantitative estimate of drug-likeness (QED) is 0.458. The van der Waals surface area contributed by atoms with Gasteiger partial charge in [0.1, 0.15) is 0 Å². The lowest BCUT2D eigenvalue weighted by Crippen LogP contribution is -3.16. The van der Waals surface area contributed by atoms with E-state index < -0.39 is 0 Å². The Hall–Kier alpha value is -0.570. The van der Waals surface area contributed by atoms with Crippen LogP contribution in [0.25, 0.3) is 0 Å². The fourth-order valence-corrected chi connectivity index (χ4v) is 3.36. The Kier molecular flexibility index (Phi) is 2.01. The van der Waals surface area contributed by atoms with Crippen LogP contribution in [0.1, 0.15) is 32.1 Å². The van der Waals surface area contributed by atoms with Crippen LogP contribution in [0.3, 0.4) is 0 Å². The second-order valence-corrected chi connectivity index (χ2v) is 5.19. The summed E-state index contributed by atoms with van der Waals surface area (Å²) in [5, 5.41) is 12.6. The number of nitrogens with one attached hydrogen (secondary N) is 1. The molecular formula is C11H19N2O+. The molecule has 14 heavy (non-hydrogen) atoms. The average Bonchev–Trinajstić information content (AvgIpc) is 2.98. The van der Waals surface area contributed by atoms with Crippen LogP contribution in [0.4, 0.5) is 0 Å². The van der Waals surface area contributed by atoms with Crippen molar-refractivity contribution in [1.82, 2.24) is 0 Å². The number of rotatable bonds is 1. The molecule has 0 spiro atoms. The number of hydrogen-bond acceptors (Lipinski definition) is 2. The molecule has 1 saturated heterocycles. The molecule has 3 rings (SSSR count). The number of likely N-dealkylation sites (tertiary alicyclic amines) is 1. The number of quaternary nitrogens is 1. The van der Waals surface area contributed by atoms with Crippen LogP contribution < -0.4 is 4.90 Å². The topological polar surface area (TPSA) is 37.0 Å². The smallest absolute Gasteiger partial charge is 0.0879 e. The van der Waals surface area contributed by atoms with Crippen molar-refractivity contribution >= 4 is 5.71 Å². The third kappa shape index (κ3) is 1.34. The van der Waals surface area contributed by atoms with Gasteiger partial charge in [0.05, 0.1) is 36.7 Å². The summed E-state index contributed by atoms with van der Waals surface area (Å²) in [4.78, 5) is 1.80. The molecule has 2 aliphatic carbocycles. The molecule has 3 nitrogen and oxygen atoms in total. The van der Waals surface area contributed by atoms with Gasteiger partial charge in [-0.3, -0.25) is 0 Å². The molecule has 1 aliphatic heterocycles. The van der Waals surface area contributed by atoms with E-state index in [0.29, 0.717) is 11.8 Å². The molecule has 0 unspecified atom stereocenters. The molecule has 2 N–H and O–H groups in total. The Morgan fingerprint density at radius 3 is 2.21 bits per heavy atom. The standard InChI is InChI=1S/C11H18N2O/c14-12-11-8-2-1-3-9(11)7-13(6-8)10-4-5-10/h8-10,14H,1-7H2/p+1/t8-,9-/m1/s1. The second-order valence-electron chi connectivity index (χ2n) is 5.19. The molecular weight excluding hydrogens is 176 g/mol. The van der Waals surface area contributed by atoms with E-state index >= 15 is 0 Å². The molecule has 2 atom stereocenters. The van der Waals surface area contributed by atoms with E-state index in [1.165, 1.54) is 45.2 Å². The molecule has 0 aromatic carbocycles. The second kappa shape index (κ2) is 3.23. The fraction of sp³-hybridized carbons (Fsp3) is 0.909. The highest BCUT2D eigenvalue weighted by molar-refractivity contribution is 5.89. The molecule has 3 fully saturated rings. The zero-order valence-corrected chi connectivity index (χ0v) is 8.58. The molecule has 2 saturated carbocycles. The highest BCUT2D eigenvalue weighted by Crippen LogP contribution is 2.29. The molecule has 0 aromatic rings. The summed E-state index contributed by atoms with van der Waals surface area (Å²) in [6.45, 7) is 2.47. The van der Waals surface area contributed by atoms with Gasteiger partial charge < -0.3 is 10.1 Å². The summed E-state index contributed by atoms with van der Waals surface area (Å²) < 4.78 is 0. The first-order chi connectivity index (χ1) is 6.88. The minimum atomic E-state index is 0.600. The average molecular weight is 195 g/mol. The van der Waals surface area contributed by atoms with E-state index in [-0.39, 0.29) is 0 Å². The Bertz CT molecular complexity index is 244. The van der Waals surface area contributed by atoms with E-state index in [0.717, 1.165) is 11.8 Å². The first kappa shape index (κ1) is 8.72. The van der Waals surface area contributed by atoms with Gasteiger partial charge in [0.15, 0.2) is 0 Å². The van der Waals surface area contributed by atoms with Crippen LogP contribution >= 0.6 is 0 Å². The molecule has 78 valence electrons. The third-order valence-corrected chi connectivity index (χ3v) is 4.23. The Morgan fingerprint density at radius 1 is 1.07 bits per heavy atom. The van der Waals surface area contributed by atoms with Gasteiger partial charge in [-0.25, -0.2) is 0 Å². The molecule has 2 bridgehead atoms. The summed E-state index contributed by atoms with van der Waals surface area (Å²) in [6.07, 6.45) is 6.71. The first-order valence-corrected chi connectivity index (χ1v) is 5.95. The summed E-state index contributed by atoms with van der Waals surface area (Å²) in [5.74, 6) is 1.20. The van der Waals surface area contributed by atoms with Crippen molar-refractivity contribution in [2.24, 2.45) is 17.0 Å². The largest absolute Gasteiger partial charge is 0.411 e. The summed E-state index contributed by atoms with van der Waals surface area (Å²) >= 11 is 0. The van der Waals surface area contributed by atoms with Gasteiger partial charge in [-0.1, -0.05) is 11.6 Å². The van der Waals surface area contributed by atoms with Gasteiger partial charge in [-0.15, -0.1) is 0 Å². The molecule has 0 radical (unpaired) electrons. The maximum Gasteiger partial charge on any atom is 0.0879 e. The number of hydrogen-bond donors (Lipinski definition) is 2.